The van der Waals surface area contributed by atoms with E-state index in [0.717, 1.165) is 0 Å². The Kier molecular flexibility index (Phi) is 6.37. The van der Waals surface area contributed by atoms with Crippen LogP contribution in [0.4, 0.5) is 4.39 Å². The molecular weight excluding hydrogens is 453 g/mol. The maximum atomic E-state index is 13.4. The number of rotatable bonds is 6. The quantitative estimate of drug-likeness (QED) is 0.535. The molecule has 1 aliphatic rings. The summed E-state index contributed by atoms with van der Waals surface area (Å²) in [5, 5.41) is 9.68. The first-order valence-electron chi connectivity index (χ1n) is 10.4. The van der Waals surface area contributed by atoms with Gasteiger partial charge in [0.25, 0.3) is 5.91 Å². The molecule has 0 bridgehead atoms. The number of fused-ring (bicyclic) bond motifs is 1. The lowest BCUT2D eigenvalue weighted by molar-refractivity contribution is -0.139. The fourth-order valence-corrected chi connectivity index (χ4v) is 4.37. The topological polar surface area (TPSA) is 97.0 Å². The second-order valence-electron chi connectivity index (χ2n) is 8.06. The van der Waals surface area contributed by atoms with Crippen molar-refractivity contribution in [2.75, 3.05) is 13.1 Å². The Morgan fingerprint density at radius 3 is 2.76 bits per heavy atom. The minimum Gasteiger partial charge on any atom is -0.481 e. The molecule has 1 N–H and O–H groups in total. The fourth-order valence-electron chi connectivity index (χ4n) is 4.11. The van der Waals surface area contributed by atoms with E-state index >= 15 is 0 Å². The number of amides is 1. The van der Waals surface area contributed by atoms with Gasteiger partial charge in [-0.05, 0) is 49.6 Å². The molecular formula is C24H21ClFNO6. The number of aliphatic carboxylic acids is 1. The zero-order valence-electron chi connectivity index (χ0n) is 17.7. The second kappa shape index (κ2) is 9.23. The molecule has 1 amide bonds. The number of carboxylic acids is 1. The van der Waals surface area contributed by atoms with Crippen molar-refractivity contribution in [2.45, 2.75) is 25.9 Å². The van der Waals surface area contributed by atoms with Crippen molar-refractivity contribution in [1.82, 2.24) is 4.90 Å². The zero-order chi connectivity index (χ0) is 23.7. The van der Waals surface area contributed by atoms with E-state index in [0.29, 0.717) is 41.8 Å². The average Bonchev–Trinajstić information content (AvgIpc) is 3.20. The van der Waals surface area contributed by atoms with Gasteiger partial charge in [-0.25, -0.2) is 9.18 Å². The number of carboxylic acid groups (broad SMARTS) is 1. The number of halogens is 2. The molecule has 1 fully saturated rings. The Bertz CT molecular complexity index is 1290. The van der Waals surface area contributed by atoms with Gasteiger partial charge in [0.2, 0.25) is 0 Å². The van der Waals surface area contributed by atoms with Crippen LogP contribution in [0.1, 0.15) is 19.8 Å². The van der Waals surface area contributed by atoms with Gasteiger partial charge in [-0.2, -0.15) is 0 Å². The van der Waals surface area contributed by atoms with E-state index in [1.54, 1.807) is 24.0 Å². The molecule has 9 heteroatoms. The molecule has 172 valence electrons. The molecule has 7 nitrogen and oxygen atoms in total. The summed E-state index contributed by atoms with van der Waals surface area (Å²) in [4.78, 5) is 37.4. The van der Waals surface area contributed by atoms with Crippen molar-refractivity contribution in [3.05, 3.63) is 63.7 Å². The largest absolute Gasteiger partial charge is 0.481 e. The molecule has 0 saturated carbocycles. The van der Waals surface area contributed by atoms with Crippen molar-refractivity contribution < 1.29 is 28.2 Å². The molecule has 0 aliphatic carbocycles. The third kappa shape index (κ3) is 5.01. The normalized spacial score (nSPS) is 16.7. The van der Waals surface area contributed by atoms with E-state index in [2.05, 4.69) is 0 Å². The van der Waals surface area contributed by atoms with Crippen molar-refractivity contribution in [2.24, 2.45) is 5.92 Å². The summed E-state index contributed by atoms with van der Waals surface area (Å²) in [5.41, 5.74) is 0.597. The summed E-state index contributed by atoms with van der Waals surface area (Å²) in [6.07, 6.45) is -0.142. The number of hydrogen-bond acceptors (Lipinski definition) is 5. The number of carbonyl (C=O) groups is 2. The van der Waals surface area contributed by atoms with Gasteiger partial charge in [-0.15, -0.1) is 0 Å². The molecule has 0 radical (unpaired) electrons. The van der Waals surface area contributed by atoms with Crippen LogP contribution in [0.3, 0.4) is 0 Å². The molecule has 0 spiro atoms. The number of likely N-dealkylation sites (tertiary alicyclic amines) is 1. The van der Waals surface area contributed by atoms with Gasteiger partial charge in [0.05, 0.1) is 5.02 Å². The Hall–Kier alpha value is -3.39. The van der Waals surface area contributed by atoms with Crippen molar-refractivity contribution >= 4 is 34.4 Å². The smallest absolute Gasteiger partial charge is 0.336 e. The fraction of sp³-hybridized carbons (Fsp3) is 0.292. The maximum absolute atomic E-state index is 13.4. The first kappa shape index (κ1) is 22.8. The van der Waals surface area contributed by atoms with Crippen LogP contribution in [-0.4, -0.2) is 41.1 Å². The second-order valence-corrected chi connectivity index (χ2v) is 8.47. The highest BCUT2D eigenvalue weighted by molar-refractivity contribution is 6.33. The summed E-state index contributed by atoms with van der Waals surface area (Å²) in [6, 6.07) is 10.0. The molecule has 1 aliphatic heterocycles. The van der Waals surface area contributed by atoms with E-state index in [1.807, 2.05) is 0 Å². The van der Waals surface area contributed by atoms with Gasteiger partial charge < -0.3 is 19.2 Å². The predicted octanol–water partition coefficient (Wildman–Crippen LogP) is 4.34. The number of nitrogens with zero attached hydrogens (tertiary/aromatic N) is 1. The van der Waals surface area contributed by atoms with Crippen molar-refractivity contribution in [1.29, 1.82) is 0 Å². The predicted molar refractivity (Wildman–Crippen MR) is 120 cm³/mol. The molecule has 2 aromatic carbocycles. The highest BCUT2D eigenvalue weighted by Crippen LogP contribution is 2.34. The highest BCUT2D eigenvalue weighted by atomic mass is 35.5. The molecule has 1 aromatic heterocycles. The zero-order valence-corrected chi connectivity index (χ0v) is 18.5. The molecule has 1 unspecified atom stereocenters. The summed E-state index contributed by atoms with van der Waals surface area (Å²) < 4.78 is 24.6. The SMILES string of the molecule is CC(Oc1ccc2c(-c3ccc(F)cc3Cl)cc(=O)oc2c1)C(=O)N1CC[C@@H](CC(=O)O)C1. The van der Waals surface area contributed by atoms with Crippen LogP contribution in [0.25, 0.3) is 22.1 Å². The average molecular weight is 474 g/mol. The van der Waals surface area contributed by atoms with Crippen molar-refractivity contribution in [3.63, 3.8) is 0 Å². The van der Waals surface area contributed by atoms with E-state index in [-0.39, 0.29) is 28.9 Å². The standard InChI is InChI=1S/C24H21ClFNO6/c1-13(24(31)27-7-6-14(12-27)8-22(28)29)32-16-3-5-18-19(11-23(30)33-21(18)10-16)17-4-2-15(26)9-20(17)25/h2-5,9-11,13-14H,6-8,12H2,1H3,(H,28,29)/t13?,14-/m0/s1. The van der Waals surface area contributed by atoms with E-state index in [9.17, 15) is 18.8 Å². The summed E-state index contributed by atoms with van der Waals surface area (Å²) in [5.74, 6) is -1.34. The van der Waals surface area contributed by atoms with Gasteiger partial charge >= 0.3 is 11.6 Å². The Balaban J connectivity index is 1.55. The highest BCUT2D eigenvalue weighted by Gasteiger charge is 2.31. The molecule has 33 heavy (non-hydrogen) atoms. The summed E-state index contributed by atoms with van der Waals surface area (Å²) in [7, 11) is 0. The molecule has 1 saturated heterocycles. The first-order chi connectivity index (χ1) is 15.7. The van der Waals surface area contributed by atoms with E-state index in [4.69, 9.17) is 25.9 Å². The van der Waals surface area contributed by atoms with Gasteiger partial charge in [0.1, 0.15) is 17.1 Å². The van der Waals surface area contributed by atoms with Crippen LogP contribution in [-0.2, 0) is 9.59 Å². The van der Waals surface area contributed by atoms with Crippen LogP contribution in [0.5, 0.6) is 5.75 Å². The first-order valence-corrected chi connectivity index (χ1v) is 10.8. The minimum absolute atomic E-state index is 0.0309. The lowest BCUT2D eigenvalue weighted by atomic mass is 10.0. The summed E-state index contributed by atoms with van der Waals surface area (Å²) >= 11 is 6.18. The molecule has 2 heterocycles. The number of benzene rings is 2. The summed E-state index contributed by atoms with van der Waals surface area (Å²) in [6.45, 7) is 2.48. The monoisotopic (exact) mass is 473 g/mol. The maximum Gasteiger partial charge on any atom is 0.336 e. The van der Waals surface area contributed by atoms with E-state index in [1.165, 1.54) is 30.3 Å². The van der Waals surface area contributed by atoms with Gasteiger partial charge in [-0.3, -0.25) is 9.59 Å². The van der Waals surface area contributed by atoms with Crippen LogP contribution in [0.2, 0.25) is 5.02 Å². The van der Waals surface area contributed by atoms with Crippen LogP contribution >= 0.6 is 11.6 Å². The number of carbonyl (C=O) groups excluding carboxylic acids is 1. The number of ether oxygens (including phenoxy) is 1. The van der Waals surface area contributed by atoms with Crippen LogP contribution in [0.15, 0.2) is 51.7 Å². The van der Waals surface area contributed by atoms with Crippen LogP contribution in [0, 0.1) is 11.7 Å². The Labute approximate surface area is 193 Å². The lowest BCUT2D eigenvalue weighted by Crippen LogP contribution is -2.39. The van der Waals surface area contributed by atoms with Gasteiger partial charge in [-0.1, -0.05) is 11.6 Å². The van der Waals surface area contributed by atoms with Crippen LogP contribution < -0.4 is 10.4 Å². The molecule has 3 aromatic rings. The van der Waals surface area contributed by atoms with Gasteiger partial charge in [0.15, 0.2) is 6.10 Å². The number of hydrogen-bond donors (Lipinski definition) is 1. The Morgan fingerprint density at radius 2 is 2.03 bits per heavy atom. The Morgan fingerprint density at radius 1 is 1.24 bits per heavy atom. The van der Waals surface area contributed by atoms with Gasteiger partial charge in [0, 0.05) is 48.2 Å². The lowest BCUT2D eigenvalue weighted by Gasteiger charge is -2.22. The van der Waals surface area contributed by atoms with E-state index < -0.39 is 23.5 Å². The minimum atomic E-state index is -0.877. The molecule has 2 atom stereocenters. The third-order valence-electron chi connectivity index (χ3n) is 5.66. The van der Waals surface area contributed by atoms with Crippen molar-refractivity contribution in [3.8, 4) is 16.9 Å². The molecule has 4 rings (SSSR count). The third-order valence-corrected chi connectivity index (χ3v) is 5.97.